The van der Waals surface area contributed by atoms with Crippen LogP contribution in [0.4, 0.5) is 17.2 Å². The molecule has 0 bridgehead atoms. The quantitative estimate of drug-likeness (QED) is 0.716. The average Bonchev–Trinajstić information content (AvgIpc) is 3.03. The van der Waals surface area contributed by atoms with E-state index in [1.165, 1.54) is 13.4 Å². The molecule has 0 saturated carbocycles. The fourth-order valence-electron chi connectivity index (χ4n) is 2.28. The van der Waals surface area contributed by atoms with E-state index in [9.17, 15) is 4.79 Å². The van der Waals surface area contributed by atoms with Gasteiger partial charge in [-0.25, -0.2) is 15.0 Å². The first-order chi connectivity index (χ1) is 12.2. The molecule has 0 saturated heterocycles. The first-order valence-electron chi connectivity index (χ1n) is 7.64. The first kappa shape index (κ1) is 16.6. The summed E-state index contributed by atoms with van der Waals surface area (Å²) in [5, 5.41) is 5.95. The number of methoxy groups -OCH3 is 1. The molecule has 1 aromatic carbocycles. The number of nitrogens with zero attached hydrogens (tertiary/aromatic N) is 4. The van der Waals surface area contributed by atoms with Gasteiger partial charge in [-0.3, -0.25) is 9.36 Å². The maximum atomic E-state index is 11.5. The Morgan fingerprint density at radius 1 is 1.16 bits per heavy atom. The molecular weight excluding hydrogens is 320 g/mol. The Morgan fingerprint density at radius 2 is 1.92 bits per heavy atom. The molecule has 2 heterocycles. The summed E-state index contributed by atoms with van der Waals surface area (Å²) in [6.07, 6.45) is 5.07. The van der Waals surface area contributed by atoms with Crippen molar-refractivity contribution < 1.29 is 9.53 Å². The monoisotopic (exact) mass is 338 g/mol. The minimum absolute atomic E-state index is 0.0252. The van der Waals surface area contributed by atoms with Crippen LogP contribution in [0.2, 0.25) is 0 Å². The topological polar surface area (TPSA) is 94.0 Å². The van der Waals surface area contributed by atoms with Gasteiger partial charge in [-0.15, -0.1) is 0 Å². The Labute approximate surface area is 144 Å². The maximum absolute atomic E-state index is 11.5. The summed E-state index contributed by atoms with van der Waals surface area (Å²) in [7, 11) is 1.48. The van der Waals surface area contributed by atoms with Crippen LogP contribution in [0.1, 0.15) is 5.82 Å². The van der Waals surface area contributed by atoms with Crippen molar-refractivity contribution in [3.8, 4) is 5.82 Å². The highest BCUT2D eigenvalue weighted by Gasteiger charge is 2.05. The van der Waals surface area contributed by atoms with E-state index in [4.69, 9.17) is 4.74 Å². The average molecular weight is 338 g/mol. The lowest BCUT2D eigenvalue weighted by atomic mass is 10.2. The number of amides is 1. The van der Waals surface area contributed by atoms with Crippen molar-refractivity contribution in [1.29, 1.82) is 0 Å². The summed E-state index contributed by atoms with van der Waals surface area (Å²) in [5.74, 6) is 2.05. The second kappa shape index (κ2) is 7.54. The third-order valence-electron chi connectivity index (χ3n) is 3.44. The molecule has 8 heteroatoms. The number of anilines is 3. The van der Waals surface area contributed by atoms with Gasteiger partial charge in [0.2, 0.25) is 5.91 Å². The Morgan fingerprint density at radius 3 is 2.60 bits per heavy atom. The summed E-state index contributed by atoms with van der Waals surface area (Å²) in [5.41, 5.74) is 1.54. The van der Waals surface area contributed by atoms with Crippen LogP contribution in [0, 0.1) is 6.92 Å². The number of hydrogen-bond donors (Lipinski definition) is 2. The van der Waals surface area contributed by atoms with E-state index in [-0.39, 0.29) is 12.5 Å². The Kier molecular flexibility index (Phi) is 5.00. The summed E-state index contributed by atoms with van der Waals surface area (Å²) < 4.78 is 6.66. The molecule has 0 radical (unpaired) electrons. The Balaban J connectivity index is 1.70. The van der Waals surface area contributed by atoms with E-state index >= 15 is 0 Å². The van der Waals surface area contributed by atoms with E-state index in [1.807, 2.05) is 35.9 Å². The molecule has 2 aromatic heterocycles. The summed E-state index contributed by atoms with van der Waals surface area (Å²) in [6, 6.07) is 9.15. The molecule has 0 spiro atoms. The van der Waals surface area contributed by atoms with Crippen molar-refractivity contribution in [2.45, 2.75) is 6.92 Å². The number of aromatic nitrogens is 4. The zero-order valence-electron chi connectivity index (χ0n) is 13.9. The molecule has 8 nitrogen and oxygen atoms in total. The number of hydrogen-bond acceptors (Lipinski definition) is 6. The number of rotatable bonds is 6. The van der Waals surface area contributed by atoms with Crippen LogP contribution in [0.5, 0.6) is 0 Å². The molecule has 1 amide bonds. The molecule has 0 aliphatic heterocycles. The van der Waals surface area contributed by atoms with E-state index in [0.717, 1.165) is 17.3 Å². The fraction of sp³-hybridized carbons (Fsp3) is 0.176. The molecule has 3 aromatic rings. The molecule has 2 N–H and O–H groups in total. The van der Waals surface area contributed by atoms with Crippen molar-refractivity contribution in [2.24, 2.45) is 0 Å². The van der Waals surface area contributed by atoms with Crippen molar-refractivity contribution in [1.82, 2.24) is 19.5 Å². The standard InChI is InChI=1S/C17H18N6O2/c1-12-18-7-8-23(12)16-9-15(19-11-20-16)21-13-3-5-14(6-4-13)22-17(24)10-25-2/h3-9,11H,10H2,1-2H3,(H,22,24)(H,19,20,21). The van der Waals surface area contributed by atoms with Crippen molar-refractivity contribution in [2.75, 3.05) is 24.4 Å². The minimum atomic E-state index is -0.195. The molecule has 0 unspecified atom stereocenters. The highest BCUT2D eigenvalue weighted by molar-refractivity contribution is 5.91. The van der Waals surface area contributed by atoms with Gasteiger partial charge in [0.25, 0.3) is 0 Å². The first-order valence-corrected chi connectivity index (χ1v) is 7.64. The van der Waals surface area contributed by atoms with E-state index in [2.05, 4.69) is 25.6 Å². The fourth-order valence-corrected chi connectivity index (χ4v) is 2.28. The number of imidazole rings is 1. The lowest BCUT2D eigenvalue weighted by Crippen LogP contribution is -2.16. The summed E-state index contributed by atoms with van der Waals surface area (Å²) >= 11 is 0. The summed E-state index contributed by atoms with van der Waals surface area (Å²) in [4.78, 5) is 24.2. The van der Waals surface area contributed by atoms with Crippen LogP contribution >= 0.6 is 0 Å². The van der Waals surface area contributed by atoms with Crippen LogP contribution in [-0.4, -0.2) is 39.1 Å². The highest BCUT2D eigenvalue weighted by atomic mass is 16.5. The number of carbonyl (C=O) groups is 1. The van der Waals surface area contributed by atoms with E-state index < -0.39 is 0 Å². The molecule has 0 aliphatic carbocycles. The molecular formula is C17H18N6O2. The zero-order valence-corrected chi connectivity index (χ0v) is 13.9. The largest absolute Gasteiger partial charge is 0.375 e. The van der Waals surface area contributed by atoms with Gasteiger partial charge in [-0.05, 0) is 31.2 Å². The second-order valence-corrected chi connectivity index (χ2v) is 5.29. The van der Waals surface area contributed by atoms with Crippen molar-refractivity contribution >= 4 is 23.1 Å². The van der Waals surface area contributed by atoms with Gasteiger partial charge < -0.3 is 15.4 Å². The molecule has 0 fully saturated rings. The normalized spacial score (nSPS) is 10.5. The minimum Gasteiger partial charge on any atom is -0.375 e. The SMILES string of the molecule is COCC(=O)Nc1ccc(Nc2cc(-n3ccnc3C)ncn2)cc1. The smallest absolute Gasteiger partial charge is 0.250 e. The third kappa shape index (κ3) is 4.18. The lowest BCUT2D eigenvalue weighted by molar-refractivity contribution is -0.119. The molecule has 3 rings (SSSR count). The number of aryl methyl sites for hydroxylation is 1. The number of carbonyl (C=O) groups excluding carboxylic acids is 1. The van der Waals surface area contributed by atoms with Gasteiger partial charge in [0.15, 0.2) is 0 Å². The Bertz CT molecular complexity index is 860. The van der Waals surface area contributed by atoms with Crippen LogP contribution in [0.15, 0.2) is 49.1 Å². The summed E-state index contributed by atoms with van der Waals surface area (Å²) in [6.45, 7) is 1.93. The predicted molar refractivity (Wildman–Crippen MR) is 94.1 cm³/mol. The third-order valence-corrected chi connectivity index (χ3v) is 3.44. The van der Waals surface area contributed by atoms with Gasteiger partial charge in [-0.1, -0.05) is 0 Å². The lowest BCUT2D eigenvalue weighted by Gasteiger charge is -2.09. The highest BCUT2D eigenvalue weighted by Crippen LogP contribution is 2.19. The zero-order chi connectivity index (χ0) is 17.6. The van der Waals surface area contributed by atoms with Crippen LogP contribution < -0.4 is 10.6 Å². The predicted octanol–water partition coefficient (Wildman–Crippen LogP) is 2.30. The van der Waals surface area contributed by atoms with Gasteiger partial charge in [0, 0.05) is 36.9 Å². The van der Waals surface area contributed by atoms with Gasteiger partial charge in [0.05, 0.1) is 0 Å². The Hall–Kier alpha value is -3.26. The number of ether oxygens (including phenoxy) is 1. The molecule has 0 aliphatic rings. The van der Waals surface area contributed by atoms with Crippen LogP contribution in [0.25, 0.3) is 5.82 Å². The van der Waals surface area contributed by atoms with Crippen molar-refractivity contribution in [3.05, 3.63) is 54.9 Å². The van der Waals surface area contributed by atoms with E-state index in [0.29, 0.717) is 11.5 Å². The molecule has 0 atom stereocenters. The maximum Gasteiger partial charge on any atom is 0.250 e. The van der Waals surface area contributed by atoms with Gasteiger partial charge in [0.1, 0.15) is 30.4 Å². The molecule has 128 valence electrons. The van der Waals surface area contributed by atoms with Crippen molar-refractivity contribution in [3.63, 3.8) is 0 Å². The van der Waals surface area contributed by atoms with Crippen LogP contribution in [0.3, 0.4) is 0 Å². The van der Waals surface area contributed by atoms with Crippen LogP contribution in [-0.2, 0) is 9.53 Å². The van der Waals surface area contributed by atoms with Gasteiger partial charge in [-0.2, -0.15) is 0 Å². The molecule has 25 heavy (non-hydrogen) atoms. The number of nitrogens with one attached hydrogen (secondary N) is 2. The van der Waals surface area contributed by atoms with E-state index in [1.54, 1.807) is 18.3 Å². The second-order valence-electron chi connectivity index (χ2n) is 5.29. The van der Waals surface area contributed by atoms with Gasteiger partial charge >= 0.3 is 0 Å². The number of benzene rings is 1.